The molecule has 1 aliphatic carbocycles. The molecule has 1 atom stereocenters. The lowest BCUT2D eigenvalue weighted by molar-refractivity contribution is 0.100. The minimum absolute atomic E-state index is 0.0262. The minimum atomic E-state index is -0.0262. The van der Waals surface area contributed by atoms with Gasteiger partial charge < -0.3 is 0 Å². The molecule has 0 radical (unpaired) electrons. The van der Waals surface area contributed by atoms with Crippen LogP contribution in [0.1, 0.15) is 15.9 Å². The van der Waals surface area contributed by atoms with E-state index < -0.39 is 0 Å². The Balaban J connectivity index is 2.55. The van der Waals surface area contributed by atoms with Gasteiger partial charge in [-0.05, 0) is 18.1 Å². The molecule has 56 valence electrons. The first-order valence-electron chi connectivity index (χ1n) is 3.40. The molecule has 1 unspecified atom stereocenters. The molecular formula is C8H6BrNO. The summed E-state index contributed by atoms with van der Waals surface area (Å²) in [7, 11) is 0. The number of fused-ring (bicyclic) bond motifs is 1. The summed E-state index contributed by atoms with van der Waals surface area (Å²) in [5, 5.41) is 0. The van der Waals surface area contributed by atoms with Crippen molar-refractivity contribution in [2.75, 3.05) is 0 Å². The third-order valence-corrected chi connectivity index (χ3v) is 2.60. The highest BCUT2D eigenvalue weighted by molar-refractivity contribution is 9.10. The summed E-state index contributed by atoms with van der Waals surface area (Å²) in [6, 6.07) is 1.90. The van der Waals surface area contributed by atoms with Crippen LogP contribution in [0.2, 0.25) is 0 Å². The number of hydrogen-bond donors (Lipinski definition) is 0. The van der Waals surface area contributed by atoms with Crippen molar-refractivity contribution < 1.29 is 4.79 Å². The SMILES string of the molecule is O=C1c2cnccc2CC1Br. The van der Waals surface area contributed by atoms with Crippen LogP contribution < -0.4 is 0 Å². The van der Waals surface area contributed by atoms with Crippen LogP contribution >= 0.6 is 15.9 Å². The number of carbonyl (C=O) groups is 1. The second kappa shape index (κ2) is 2.41. The first-order valence-corrected chi connectivity index (χ1v) is 4.32. The van der Waals surface area contributed by atoms with Gasteiger partial charge in [-0.3, -0.25) is 9.78 Å². The Kier molecular flexibility index (Phi) is 1.53. The molecule has 0 saturated heterocycles. The van der Waals surface area contributed by atoms with Crippen LogP contribution in [-0.4, -0.2) is 15.6 Å². The summed E-state index contributed by atoms with van der Waals surface area (Å²) < 4.78 is 0. The molecule has 1 aromatic rings. The van der Waals surface area contributed by atoms with Gasteiger partial charge in [-0.15, -0.1) is 0 Å². The normalized spacial score (nSPS) is 21.9. The maximum atomic E-state index is 11.3. The van der Waals surface area contributed by atoms with E-state index in [0.717, 1.165) is 17.5 Å². The summed E-state index contributed by atoms with van der Waals surface area (Å²) >= 11 is 3.31. The Morgan fingerprint density at radius 2 is 2.45 bits per heavy atom. The van der Waals surface area contributed by atoms with Gasteiger partial charge in [-0.2, -0.15) is 0 Å². The van der Waals surface area contributed by atoms with Crippen LogP contribution in [0.5, 0.6) is 0 Å². The molecule has 2 nitrogen and oxygen atoms in total. The molecule has 3 heteroatoms. The lowest BCUT2D eigenvalue weighted by atomic mass is 10.2. The maximum Gasteiger partial charge on any atom is 0.178 e. The van der Waals surface area contributed by atoms with Crippen LogP contribution in [0, 0.1) is 0 Å². The van der Waals surface area contributed by atoms with E-state index in [1.54, 1.807) is 12.4 Å². The molecule has 0 aliphatic heterocycles. The van der Waals surface area contributed by atoms with Gasteiger partial charge in [0.1, 0.15) is 0 Å². The molecule has 11 heavy (non-hydrogen) atoms. The number of pyridine rings is 1. The van der Waals surface area contributed by atoms with Gasteiger partial charge in [0.25, 0.3) is 0 Å². The highest BCUT2D eigenvalue weighted by Crippen LogP contribution is 2.25. The zero-order valence-electron chi connectivity index (χ0n) is 5.75. The molecule has 0 spiro atoms. The molecular weight excluding hydrogens is 206 g/mol. The van der Waals surface area contributed by atoms with E-state index in [9.17, 15) is 4.79 Å². The van der Waals surface area contributed by atoms with Crippen LogP contribution in [0.4, 0.5) is 0 Å². The Labute approximate surface area is 72.8 Å². The van der Waals surface area contributed by atoms with Crippen LogP contribution in [0.25, 0.3) is 0 Å². The van der Waals surface area contributed by atoms with Crippen LogP contribution in [0.3, 0.4) is 0 Å². The zero-order chi connectivity index (χ0) is 7.84. The topological polar surface area (TPSA) is 30.0 Å². The Bertz CT molecular complexity index is 311. The number of rotatable bonds is 0. The van der Waals surface area contributed by atoms with Crippen molar-refractivity contribution in [1.82, 2.24) is 4.98 Å². The first-order chi connectivity index (χ1) is 5.29. The highest BCUT2D eigenvalue weighted by Gasteiger charge is 2.27. The van der Waals surface area contributed by atoms with E-state index in [0.29, 0.717) is 0 Å². The van der Waals surface area contributed by atoms with Crippen molar-refractivity contribution in [3.8, 4) is 0 Å². The Hall–Kier alpha value is -0.700. The Morgan fingerprint density at radius 1 is 1.64 bits per heavy atom. The molecule has 0 fully saturated rings. The number of aromatic nitrogens is 1. The second-order valence-corrected chi connectivity index (χ2v) is 3.67. The van der Waals surface area contributed by atoms with Gasteiger partial charge in [0.15, 0.2) is 5.78 Å². The molecule has 0 aromatic carbocycles. The number of Topliss-reactive ketones (excluding diaryl/α,β-unsaturated/α-hetero) is 1. The molecule has 0 N–H and O–H groups in total. The monoisotopic (exact) mass is 211 g/mol. The smallest absolute Gasteiger partial charge is 0.178 e. The van der Waals surface area contributed by atoms with E-state index in [4.69, 9.17) is 0 Å². The predicted octanol–water partition coefficient (Wildman–Crippen LogP) is 1.58. The number of alkyl halides is 1. The van der Waals surface area contributed by atoms with Crippen molar-refractivity contribution in [2.45, 2.75) is 11.2 Å². The molecule has 0 bridgehead atoms. The number of nitrogens with zero attached hydrogens (tertiary/aromatic N) is 1. The van der Waals surface area contributed by atoms with Crippen LogP contribution in [-0.2, 0) is 6.42 Å². The number of hydrogen-bond acceptors (Lipinski definition) is 2. The molecule has 2 rings (SSSR count). The predicted molar refractivity (Wildman–Crippen MR) is 45.0 cm³/mol. The average molecular weight is 212 g/mol. The second-order valence-electron chi connectivity index (χ2n) is 2.57. The van der Waals surface area contributed by atoms with Gasteiger partial charge in [-0.1, -0.05) is 15.9 Å². The molecule has 1 heterocycles. The van der Waals surface area contributed by atoms with Gasteiger partial charge in [0.05, 0.1) is 4.83 Å². The van der Waals surface area contributed by atoms with Crippen LogP contribution in [0.15, 0.2) is 18.5 Å². The summed E-state index contributed by atoms with van der Waals surface area (Å²) in [5.41, 5.74) is 1.88. The van der Waals surface area contributed by atoms with Gasteiger partial charge in [0, 0.05) is 18.0 Å². The van der Waals surface area contributed by atoms with Crippen molar-refractivity contribution in [1.29, 1.82) is 0 Å². The molecule has 1 aliphatic rings. The first kappa shape index (κ1) is 6.98. The van der Waals surface area contributed by atoms with E-state index in [2.05, 4.69) is 20.9 Å². The van der Waals surface area contributed by atoms with Crippen molar-refractivity contribution >= 4 is 21.7 Å². The highest BCUT2D eigenvalue weighted by atomic mass is 79.9. The Morgan fingerprint density at radius 3 is 3.18 bits per heavy atom. The van der Waals surface area contributed by atoms with E-state index >= 15 is 0 Å². The molecule has 0 amide bonds. The lowest BCUT2D eigenvalue weighted by Gasteiger charge is -1.91. The van der Waals surface area contributed by atoms with E-state index in [1.807, 2.05) is 6.07 Å². The third kappa shape index (κ3) is 0.997. The summed E-state index contributed by atoms with van der Waals surface area (Å²) in [4.78, 5) is 15.2. The number of halogens is 1. The van der Waals surface area contributed by atoms with Gasteiger partial charge in [0.2, 0.25) is 0 Å². The van der Waals surface area contributed by atoms with Gasteiger partial charge in [-0.25, -0.2) is 0 Å². The minimum Gasteiger partial charge on any atom is -0.293 e. The quantitative estimate of drug-likeness (QED) is 0.611. The van der Waals surface area contributed by atoms with Crippen molar-refractivity contribution in [3.05, 3.63) is 29.6 Å². The maximum absolute atomic E-state index is 11.3. The van der Waals surface area contributed by atoms with Crippen molar-refractivity contribution in [2.24, 2.45) is 0 Å². The zero-order valence-corrected chi connectivity index (χ0v) is 7.34. The molecule has 0 saturated carbocycles. The standard InChI is InChI=1S/C8H6BrNO/c9-7-3-5-1-2-10-4-6(5)8(7)11/h1-2,4,7H,3H2. The summed E-state index contributed by atoms with van der Waals surface area (Å²) in [6.07, 6.45) is 4.16. The van der Waals surface area contributed by atoms with E-state index in [1.165, 1.54) is 0 Å². The average Bonchev–Trinajstić information content (AvgIpc) is 2.30. The molecule has 1 aromatic heterocycles. The van der Waals surface area contributed by atoms with Crippen molar-refractivity contribution in [3.63, 3.8) is 0 Å². The van der Waals surface area contributed by atoms with Gasteiger partial charge >= 0.3 is 0 Å². The fraction of sp³-hybridized carbons (Fsp3) is 0.250. The lowest BCUT2D eigenvalue weighted by Crippen LogP contribution is -2.05. The largest absolute Gasteiger partial charge is 0.293 e. The fourth-order valence-electron chi connectivity index (χ4n) is 1.28. The number of carbonyl (C=O) groups excluding carboxylic acids is 1. The summed E-state index contributed by atoms with van der Waals surface area (Å²) in [6.45, 7) is 0. The summed E-state index contributed by atoms with van der Waals surface area (Å²) in [5.74, 6) is 0.160. The van der Waals surface area contributed by atoms with E-state index in [-0.39, 0.29) is 10.6 Å². The fourth-order valence-corrected chi connectivity index (χ4v) is 1.87. The third-order valence-electron chi connectivity index (χ3n) is 1.86. The number of ketones is 1.